The molecule has 0 bridgehead atoms. The molecule has 2 N–H and O–H groups in total. The molecular formula is C9H11N3. The van der Waals surface area contributed by atoms with Crippen LogP contribution in [0, 0.1) is 6.92 Å². The van der Waals surface area contributed by atoms with E-state index >= 15 is 0 Å². The Labute approximate surface area is 70.8 Å². The number of aromatic amines is 1. The molecule has 0 saturated carbocycles. The van der Waals surface area contributed by atoms with E-state index in [-0.39, 0.29) is 0 Å². The van der Waals surface area contributed by atoms with Gasteiger partial charge < -0.3 is 10.3 Å². The van der Waals surface area contributed by atoms with E-state index in [9.17, 15) is 0 Å². The fourth-order valence-electron chi connectivity index (χ4n) is 1.42. The van der Waals surface area contributed by atoms with Crippen LogP contribution in [0.3, 0.4) is 0 Å². The maximum Gasteiger partial charge on any atom is 0.0932 e. The topological polar surface area (TPSA) is 40.7 Å². The van der Waals surface area contributed by atoms with E-state index in [0.717, 1.165) is 16.7 Å². The van der Waals surface area contributed by atoms with Crippen LogP contribution in [0.25, 0.3) is 11.0 Å². The van der Waals surface area contributed by atoms with Gasteiger partial charge in [0, 0.05) is 12.7 Å². The summed E-state index contributed by atoms with van der Waals surface area (Å²) in [7, 11) is 1.92. The molecule has 12 heavy (non-hydrogen) atoms. The minimum absolute atomic E-state index is 1.04. The van der Waals surface area contributed by atoms with Gasteiger partial charge in [0.25, 0.3) is 0 Å². The zero-order valence-corrected chi connectivity index (χ0v) is 7.18. The second kappa shape index (κ2) is 2.52. The fourth-order valence-corrected chi connectivity index (χ4v) is 1.42. The van der Waals surface area contributed by atoms with Crippen LogP contribution >= 0.6 is 0 Å². The van der Waals surface area contributed by atoms with Crippen molar-refractivity contribution in [2.45, 2.75) is 6.92 Å². The molecule has 0 amide bonds. The van der Waals surface area contributed by atoms with Crippen LogP contribution in [0.2, 0.25) is 0 Å². The van der Waals surface area contributed by atoms with E-state index in [4.69, 9.17) is 0 Å². The first-order valence-electron chi connectivity index (χ1n) is 3.93. The van der Waals surface area contributed by atoms with Gasteiger partial charge >= 0.3 is 0 Å². The van der Waals surface area contributed by atoms with Crippen LogP contribution in [0.15, 0.2) is 18.5 Å². The Morgan fingerprint density at radius 1 is 1.42 bits per heavy atom. The Kier molecular flexibility index (Phi) is 1.50. The van der Waals surface area contributed by atoms with Crippen molar-refractivity contribution in [2.24, 2.45) is 0 Å². The number of fused-ring (bicyclic) bond motifs is 1. The predicted octanol–water partition coefficient (Wildman–Crippen LogP) is 1.91. The van der Waals surface area contributed by atoms with Crippen LogP contribution in [0.1, 0.15) is 5.56 Å². The monoisotopic (exact) mass is 161 g/mol. The van der Waals surface area contributed by atoms with E-state index < -0.39 is 0 Å². The van der Waals surface area contributed by atoms with Crippen LogP contribution in [-0.4, -0.2) is 17.0 Å². The standard InChI is InChI=1S/C9H11N3/c1-6-7(10-2)3-4-8-9(6)12-5-11-8/h3-5,10H,1-2H3,(H,11,12). The Hall–Kier alpha value is -1.51. The molecule has 1 heterocycles. The molecule has 0 saturated heterocycles. The quantitative estimate of drug-likeness (QED) is 0.670. The summed E-state index contributed by atoms with van der Waals surface area (Å²) in [6, 6.07) is 4.08. The highest BCUT2D eigenvalue weighted by Gasteiger charge is 2.02. The van der Waals surface area contributed by atoms with Crippen molar-refractivity contribution >= 4 is 16.7 Å². The van der Waals surface area contributed by atoms with E-state index in [1.165, 1.54) is 5.56 Å². The van der Waals surface area contributed by atoms with Gasteiger partial charge in [-0.2, -0.15) is 0 Å². The largest absolute Gasteiger partial charge is 0.388 e. The number of hydrogen-bond acceptors (Lipinski definition) is 2. The van der Waals surface area contributed by atoms with Gasteiger partial charge in [-0.25, -0.2) is 4.98 Å². The summed E-state index contributed by atoms with van der Waals surface area (Å²) >= 11 is 0. The zero-order valence-electron chi connectivity index (χ0n) is 7.18. The highest BCUT2D eigenvalue weighted by molar-refractivity contribution is 5.83. The second-order valence-corrected chi connectivity index (χ2v) is 2.79. The number of nitrogens with one attached hydrogen (secondary N) is 2. The molecule has 1 aromatic carbocycles. The smallest absolute Gasteiger partial charge is 0.0932 e. The third kappa shape index (κ3) is 0.863. The molecular weight excluding hydrogens is 150 g/mol. The highest BCUT2D eigenvalue weighted by atomic mass is 14.9. The van der Waals surface area contributed by atoms with Crippen LogP contribution < -0.4 is 5.32 Å². The lowest BCUT2D eigenvalue weighted by molar-refractivity contribution is 1.33. The molecule has 3 nitrogen and oxygen atoms in total. The van der Waals surface area contributed by atoms with Gasteiger partial charge in [0.2, 0.25) is 0 Å². The number of benzene rings is 1. The van der Waals surface area contributed by atoms with Gasteiger partial charge in [-0.05, 0) is 24.6 Å². The first-order chi connectivity index (χ1) is 5.83. The molecule has 0 fully saturated rings. The normalized spacial score (nSPS) is 10.5. The van der Waals surface area contributed by atoms with Gasteiger partial charge in [-0.1, -0.05) is 0 Å². The van der Waals surface area contributed by atoms with Crippen LogP contribution in [0.4, 0.5) is 5.69 Å². The minimum atomic E-state index is 1.04. The average Bonchev–Trinajstić information content (AvgIpc) is 2.53. The molecule has 0 aliphatic rings. The SMILES string of the molecule is CNc1ccc2[nH]cnc2c1C. The Morgan fingerprint density at radius 3 is 3.00 bits per heavy atom. The highest BCUT2D eigenvalue weighted by Crippen LogP contribution is 2.21. The van der Waals surface area contributed by atoms with E-state index in [1.54, 1.807) is 6.33 Å². The average molecular weight is 161 g/mol. The molecule has 0 atom stereocenters. The lowest BCUT2D eigenvalue weighted by Gasteiger charge is -2.03. The Balaban J connectivity index is 2.78. The lowest BCUT2D eigenvalue weighted by atomic mass is 10.1. The van der Waals surface area contributed by atoms with Gasteiger partial charge in [-0.3, -0.25) is 0 Å². The summed E-state index contributed by atoms with van der Waals surface area (Å²) in [6.45, 7) is 2.06. The fraction of sp³-hybridized carbons (Fsp3) is 0.222. The lowest BCUT2D eigenvalue weighted by Crippen LogP contribution is -1.91. The number of anilines is 1. The summed E-state index contributed by atoms with van der Waals surface area (Å²) in [5.74, 6) is 0. The molecule has 0 aliphatic heterocycles. The van der Waals surface area contributed by atoms with Gasteiger partial charge in [0.15, 0.2) is 0 Å². The summed E-state index contributed by atoms with van der Waals surface area (Å²) in [6.07, 6.45) is 1.72. The molecule has 2 rings (SSSR count). The molecule has 0 aliphatic carbocycles. The first kappa shape index (κ1) is 7.16. The van der Waals surface area contributed by atoms with Crippen molar-refractivity contribution in [3.63, 3.8) is 0 Å². The van der Waals surface area contributed by atoms with Crippen molar-refractivity contribution < 1.29 is 0 Å². The molecule has 0 spiro atoms. The summed E-state index contributed by atoms with van der Waals surface area (Å²) < 4.78 is 0. The van der Waals surface area contributed by atoms with Gasteiger partial charge in [-0.15, -0.1) is 0 Å². The second-order valence-electron chi connectivity index (χ2n) is 2.79. The van der Waals surface area contributed by atoms with Crippen molar-refractivity contribution in [1.29, 1.82) is 0 Å². The number of nitrogens with zero attached hydrogens (tertiary/aromatic N) is 1. The maximum absolute atomic E-state index is 4.23. The minimum Gasteiger partial charge on any atom is -0.388 e. The van der Waals surface area contributed by atoms with E-state index in [1.807, 2.05) is 13.1 Å². The van der Waals surface area contributed by atoms with E-state index in [2.05, 4.69) is 28.3 Å². The third-order valence-electron chi connectivity index (χ3n) is 2.11. The molecule has 1 aromatic heterocycles. The molecule has 0 unspecified atom stereocenters. The predicted molar refractivity (Wildman–Crippen MR) is 50.4 cm³/mol. The number of rotatable bonds is 1. The van der Waals surface area contributed by atoms with Crippen molar-refractivity contribution in [1.82, 2.24) is 9.97 Å². The Bertz CT molecular complexity index is 403. The van der Waals surface area contributed by atoms with Crippen LogP contribution in [0.5, 0.6) is 0 Å². The van der Waals surface area contributed by atoms with Crippen LogP contribution in [-0.2, 0) is 0 Å². The summed E-state index contributed by atoms with van der Waals surface area (Å²) in [5.41, 5.74) is 4.46. The third-order valence-corrected chi connectivity index (χ3v) is 2.11. The summed E-state index contributed by atoms with van der Waals surface area (Å²) in [4.78, 5) is 7.30. The number of aromatic nitrogens is 2. The van der Waals surface area contributed by atoms with E-state index in [0.29, 0.717) is 0 Å². The summed E-state index contributed by atoms with van der Waals surface area (Å²) in [5, 5.41) is 3.12. The number of aryl methyl sites for hydroxylation is 1. The zero-order chi connectivity index (χ0) is 8.55. The number of hydrogen-bond donors (Lipinski definition) is 2. The van der Waals surface area contributed by atoms with Gasteiger partial charge in [0.05, 0.1) is 17.4 Å². The first-order valence-corrected chi connectivity index (χ1v) is 3.93. The number of imidazole rings is 1. The van der Waals surface area contributed by atoms with Crippen molar-refractivity contribution in [3.8, 4) is 0 Å². The number of H-pyrrole nitrogens is 1. The molecule has 2 aromatic rings. The molecule has 3 heteroatoms. The van der Waals surface area contributed by atoms with Crippen molar-refractivity contribution in [3.05, 3.63) is 24.0 Å². The maximum atomic E-state index is 4.23. The molecule has 62 valence electrons. The molecule has 0 radical (unpaired) electrons. The van der Waals surface area contributed by atoms with Crippen molar-refractivity contribution in [2.75, 3.05) is 12.4 Å². The van der Waals surface area contributed by atoms with Gasteiger partial charge in [0.1, 0.15) is 0 Å². The Morgan fingerprint density at radius 2 is 2.25 bits per heavy atom.